The highest BCUT2D eigenvalue weighted by molar-refractivity contribution is 6.07. The second kappa shape index (κ2) is 7.47. The predicted octanol–water partition coefficient (Wildman–Crippen LogP) is 3.86. The van der Waals surface area contributed by atoms with Crippen molar-refractivity contribution in [1.29, 1.82) is 0 Å². The van der Waals surface area contributed by atoms with E-state index in [4.69, 9.17) is 13.9 Å². The minimum Gasteiger partial charge on any atom is -0.497 e. The van der Waals surface area contributed by atoms with Gasteiger partial charge in [-0.3, -0.25) is 4.79 Å². The Morgan fingerprint density at radius 2 is 2.12 bits per heavy atom. The molecule has 0 saturated heterocycles. The van der Waals surface area contributed by atoms with Crippen molar-refractivity contribution in [1.82, 2.24) is 10.3 Å². The first-order valence-corrected chi connectivity index (χ1v) is 8.45. The summed E-state index contributed by atoms with van der Waals surface area (Å²) in [5, 5.41) is 3.65. The number of furan rings is 1. The third kappa shape index (κ3) is 3.64. The van der Waals surface area contributed by atoms with Crippen LogP contribution in [0.3, 0.4) is 0 Å². The molecule has 2 aromatic heterocycles. The van der Waals surface area contributed by atoms with Crippen molar-refractivity contribution in [2.45, 2.75) is 33.4 Å². The number of benzene rings is 1. The highest BCUT2D eigenvalue weighted by Gasteiger charge is 2.19. The van der Waals surface area contributed by atoms with E-state index in [1.807, 2.05) is 26.0 Å². The molecule has 6 heteroatoms. The number of hydrogen-bond acceptors (Lipinski definition) is 5. The molecule has 0 aliphatic carbocycles. The number of methoxy groups -OCH3 is 1. The van der Waals surface area contributed by atoms with Crippen molar-refractivity contribution in [2.24, 2.45) is 0 Å². The van der Waals surface area contributed by atoms with Crippen molar-refractivity contribution < 1.29 is 18.7 Å². The first-order chi connectivity index (χ1) is 12.5. The van der Waals surface area contributed by atoms with Gasteiger partial charge in [0.25, 0.3) is 5.91 Å². The number of amides is 1. The average Bonchev–Trinajstić information content (AvgIpc) is 2.95. The summed E-state index contributed by atoms with van der Waals surface area (Å²) in [6.07, 6.45) is 1.68. The van der Waals surface area contributed by atoms with E-state index >= 15 is 0 Å². The Bertz CT molecular complexity index is 931. The summed E-state index contributed by atoms with van der Waals surface area (Å²) in [5.74, 6) is 1.55. The lowest BCUT2D eigenvalue weighted by Gasteiger charge is -2.13. The van der Waals surface area contributed by atoms with Gasteiger partial charge in [0.15, 0.2) is 0 Å². The van der Waals surface area contributed by atoms with Crippen LogP contribution in [0.25, 0.3) is 11.0 Å². The number of fused-ring (bicyclic) bond motifs is 1. The van der Waals surface area contributed by atoms with E-state index in [9.17, 15) is 4.79 Å². The van der Waals surface area contributed by atoms with Crippen LogP contribution in [0.4, 0.5) is 0 Å². The lowest BCUT2D eigenvalue weighted by Crippen LogP contribution is -2.24. The summed E-state index contributed by atoms with van der Waals surface area (Å²) in [6, 6.07) is 9.11. The normalized spacial score (nSPS) is 11.0. The molecule has 0 unspecified atom stereocenters. The molecule has 0 saturated carbocycles. The number of carbonyl (C=O) groups is 1. The molecule has 136 valence electrons. The van der Waals surface area contributed by atoms with Crippen LogP contribution in [0.15, 0.2) is 40.9 Å². The van der Waals surface area contributed by atoms with Crippen LogP contribution in [0.1, 0.15) is 35.5 Å². The van der Waals surface area contributed by atoms with Crippen molar-refractivity contribution in [3.63, 3.8) is 0 Å². The molecule has 3 rings (SSSR count). The molecule has 1 N–H and O–H groups in total. The van der Waals surface area contributed by atoms with Crippen LogP contribution in [0, 0.1) is 6.92 Å². The molecule has 0 spiro atoms. The molecule has 2 heterocycles. The van der Waals surface area contributed by atoms with Gasteiger partial charge in [-0.1, -0.05) is 6.07 Å². The monoisotopic (exact) mass is 354 g/mol. The van der Waals surface area contributed by atoms with Gasteiger partial charge in [0.05, 0.1) is 18.8 Å². The first kappa shape index (κ1) is 17.8. The number of aromatic nitrogens is 1. The summed E-state index contributed by atoms with van der Waals surface area (Å²) < 4.78 is 16.6. The van der Waals surface area contributed by atoms with E-state index in [-0.39, 0.29) is 12.0 Å². The fraction of sp³-hybridized carbons (Fsp3) is 0.300. The minimum atomic E-state index is -0.214. The van der Waals surface area contributed by atoms with Gasteiger partial charge in [-0.25, -0.2) is 4.98 Å². The number of aryl methyl sites for hydroxylation is 1. The van der Waals surface area contributed by atoms with Gasteiger partial charge in [0.1, 0.15) is 17.1 Å². The second-order valence-corrected chi connectivity index (χ2v) is 6.21. The summed E-state index contributed by atoms with van der Waals surface area (Å²) >= 11 is 0. The molecular weight excluding hydrogens is 332 g/mol. The van der Waals surface area contributed by atoms with E-state index in [0.717, 1.165) is 10.9 Å². The van der Waals surface area contributed by atoms with Crippen molar-refractivity contribution in [3.8, 4) is 11.6 Å². The number of nitrogens with zero attached hydrogens (tertiary/aromatic N) is 1. The maximum Gasteiger partial charge on any atom is 0.255 e. The lowest BCUT2D eigenvalue weighted by molar-refractivity contribution is 0.0950. The Labute approximate surface area is 152 Å². The Morgan fingerprint density at radius 1 is 1.31 bits per heavy atom. The fourth-order valence-electron chi connectivity index (χ4n) is 2.76. The van der Waals surface area contributed by atoms with Crippen molar-refractivity contribution in [2.75, 3.05) is 7.11 Å². The Balaban J connectivity index is 1.83. The molecule has 0 radical (unpaired) electrons. The molecule has 3 aromatic rings. The zero-order chi connectivity index (χ0) is 18.7. The van der Waals surface area contributed by atoms with E-state index in [1.165, 1.54) is 0 Å². The van der Waals surface area contributed by atoms with Crippen molar-refractivity contribution >= 4 is 16.9 Å². The smallest absolute Gasteiger partial charge is 0.255 e. The SMILES string of the molecule is COc1ccc2oc(C)c(C(=O)NCc3cccnc3OC(C)C)c2c1. The number of carbonyl (C=O) groups excluding carboxylic acids is 1. The topological polar surface area (TPSA) is 73.6 Å². The first-order valence-electron chi connectivity index (χ1n) is 8.45. The van der Waals surface area contributed by atoms with Crippen LogP contribution in [0.5, 0.6) is 11.6 Å². The predicted molar refractivity (Wildman–Crippen MR) is 98.7 cm³/mol. The zero-order valence-corrected chi connectivity index (χ0v) is 15.3. The van der Waals surface area contributed by atoms with Gasteiger partial charge >= 0.3 is 0 Å². The number of pyridine rings is 1. The van der Waals surface area contributed by atoms with Crippen LogP contribution in [-0.4, -0.2) is 24.1 Å². The molecule has 1 amide bonds. The van der Waals surface area contributed by atoms with Crippen molar-refractivity contribution in [3.05, 3.63) is 53.4 Å². The number of ether oxygens (including phenoxy) is 2. The van der Waals surface area contributed by atoms with Crippen LogP contribution in [-0.2, 0) is 6.54 Å². The molecule has 0 atom stereocenters. The highest BCUT2D eigenvalue weighted by Crippen LogP contribution is 2.29. The Kier molecular flexibility index (Phi) is 5.11. The van der Waals surface area contributed by atoms with E-state index in [2.05, 4.69) is 10.3 Å². The van der Waals surface area contributed by atoms with Gasteiger partial charge in [-0.15, -0.1) is 0 Å². The molecule has 6 nitrogen and oxygen atoms in total. The molecular formula is C20H22N2O4. The second-order valence-electron chi connectivity index (χ2n) is 6.21. The average molecular weight is 354 g/mol. The maximum atomic E-state index is 12.8. The molecule has 26 heavy (non-hydrogen) atoms. The summed E-state index contributed by atoms with van der Waals surface area (Å²) in [4.78, 5) is 17.0. The molecule has 1 aromatic carbocycles. The number of hydrogen-bond donors (Lipinski definition) is 1. The van der Waals surface area contributed by atoms with Crippen LogP contribution >= 0.6 is 0 Å². The summed E-state index contributed by atoms with van der Waals surface area (Å²) in [7, 11) is 1.59. The lowest BCUT2D eigenvalue weighted by atomic mass is 10.1. The molecule has 0 fully saturated rings. The van der Waals surface area contributed by atoms with E-state index < -0.39 is 0 Å². The van der Waals surface area contributed by atoms with Gasteiger partial charge < -0.3 is 19.2 Å². The largest absolute Gasteiger partial charge is 0.497 e. The highest BCUT2D eigenvalue weighted by atomic mass is 16.5. The van der Waals surface area contributed by atoms with Gasteiger partial charge in [0.2, 0.25) is 5.88 Å². The van der Waals surface area contributed by atoms with E-state index in [1.54, 1.807) is 38.4 Å². The quantitative estimate of drug-likeness (QED) is 0.727. The summed E-state index contributed by atoms with van der Waals surface area (Å²) in [5.41, 5.74) is 1.98. The van der Waals surface area contributed by atoms with E-state index in [0.29, 0.717) is 35.1 Å². The van der Waals surface area contributed by atoms with Gasteiger partial charge in [-0.05, 0) is 45.0 Å². The van der Waals surface area contributed by atoms with Crippen LogP contribution < -0.4 is 14.8 Å². The summed E-state index contributed by atoms with van der Waals surface area (Å²) in [6.45, 7) is 5.96. The Morgan fingerprint density at radius 3 is 2.85 bits per heavy atom. The molecule has 0 aliphatic heterocycles. The third-order valence-electron chi connectivity index (χ3n) is 3.93. The standard InChI is InChI=1S/C20H22N2O4/c1-12(2)25-20-14(6-5-9-21-20)11-22-19(23)18-13(3)26-17-8-7-15(24-4)10-16(17)18/h5-10,12H,11H2,1-4H3,(H,22,23). The molecule has 0 aliphatic rings. The molecule has 0 bridgehead atoms. The number of nitrogens with one attached hydrogen (secondary N) is 1. The fourth-order valence-corrected chi connectivity index (χ4v) is 2.76. The maximum absolute atomic E-state index is 12.8. The van der Waals surface area contributed by atoms with Crippen LogP contribution in [0.2, 0.25) is 0 Å². The minimum absolute atomic E-state index is 0.00637. The van der Waals surface area contributed by atoms with Gasteiger partial charge in [0, 0.05) is 23.7 Å². The third-order valence-corrected chi connectivity index (χ3v) is 3.93. The zero-order valence-electron chi connectivity index (χ0n) is 15.3. The Hall–Kier alpha value is -3.02. The number of rotatable bonds is 6. The van der Waals surface area contributed by atoms with Gasteiger partial charge in [-0.2, -0.15) is 0 Å².